The molecule has 0 saturated heterocycles. The van der Waals surface area contributed by atoms with E-state index in [0.717, 1.165) is 31.2 Å². The molecule has 0 atom stereocenters. The van der Waals surface area contributed by atoms with Crippen LogP contribution in [0, 0.1) is 11.8 Å². The summed E-state index contributed by atoms with van der Waals surface area (Å²) < 4.78 is 0. The Kier molecular flexibility index (Phi) is 4.00. The van der Waals surface area contributed by atoms with Crippen molar-refractivity contribution in [3.05, 3.63) is 0 Å². The molecule has 1 rings (SSSR count). The van der Waals surface area contributed by atoms with Gasteiger partial charge in [-0.1, -0.05) is 20.8 Å². The normalized spacial score (nSPS) is 25.9. The maximum atomic E-state index is 11.2. The summed E-state index contributed by atoms with van der Waals surface area (Å²) in [5, 5.41) is 9.24. The SMILES string of the molecule is CCN(C1CC(C(C)C)C1)C(C)(C)C(=O)O. The molecule has 0 bridgehead atoms. The number of hydrogen-bond donors (Lipinski definition) is 1. The van der Waals surface area contributed by atoms with Crippen LogP contribution in [-0.4, -0.2) is 34.1 Å². The first-order valence-electron chi connectivity index (χ1n) is 6.30. The van der Waals surface area contributed by atoms with Gasteiger partial charge >= 0.3 is 5.97 Å². The lowest BCUT2D eigenvalue weighted by molar-refractivity contribution is -0.153. The Balaban J connectivity index is 2.61. The van der Waals surface area contributed by atoms with Gasteiger partial charge in [-0.3, -0.25) is 9.69 Å². The zero-order valence-electron chi connectivity index (χ0n) is 11.2. The second-order valence-electron chi connectivity index (χ2n) is 5.78. The van der Waals surface area contributed by atoms with Gasteiger partial charge in [-0.05, 0) is 45.1 Å². The highest BCUT2D eigenvalue weighted by Gasteiger charge is 2.43. The summed E-state index contributed by atoms with van der Waals surface area (Å²) >= 11 is 0. The summed E-state index contributed by atoms with van der Waals surface area (Å²) in [5.41, 5.74) is -0.735. The second-order valence-corrected chi connectivity index (χ2v) is 5.78. The van der Waals surface area contributed by atoms with Gasteiger partial charge in [0.25, 0.3) is 0 Å². The first-order chi connectivity index (χ1) is 7.30. The van der Waals surface area contributed by atoms with Crippen molar-refractivity contribution in [2.24, 2.45) is 11.8 Å². The molecule has 1 aliphatic rings. The van der Waals surface area contributed by atoms with Crippen molar-refractivity contribution in [1.82, 2.24) is 4.90 Å². The molecular formula is C13H25NO2. The highest BCUT2D eigenvalue weighted by Crippen LogP contribution is 2.39. The van der Waals surface area contributed by atoms with E-state index >= 15 is 0 Å². The molecule has 0 heterocycles. The van der Waals surface area contributed by atoms with Crippen molar-refractivity contribution >= 4 is 5.97 Å². The summed E-state index contributed by atoms with van der Waals surface area (Å²) in [7, 11) is 0. The molecular weight excluding hydrogens is 202 g/mol. The Hall–Kier alpha value is -0.570. The van der Waals surface area contributed by atoms with E-state index in [1.807, 2.05) is 20.8 Å². The first kappa shape index (κ1) is 13.5. The third kappa shape index (κ3) is 2.40. The lowest BCUT2D eigenvalue weighted by Gasteiger charge is -2.49. The van der Waals surface area contributed by atoms with Gasteiger partial charge in [0.05, 0.1) is 0 Å². The van der Waals surface area contributed by atoms with Crippen molar-refractivity contribution in [1.29, 1.82) is 0 Å². The highest BCUT2D eigenvalue weighted by atomic mass is 16.4. The quantitative estimate of drug-likeness (QED) is 0.785. The number of aliphatic carboxylic acids is 1. The Morgan fingerprint density at radius 3 is 2.25 bits per heavy atom. The zero-order chi connectivity index (χ0) is 12.5. The molecule has 94 valence electrons. The monoisotopic (exact) mass is 227 g/mol. The number of rotatable bonds is 5. The first-order valence-corrected chi connectivity index (χ1v) is 6.30. The van der Waals surface area contributed by atoms with Crippen LogP contribution in [0.5, 0.6) is 0 Å². The van der Waals surface area contributed by atoms with E-state index in [-0.39, 0.29) is 0 Å². The predicted molar refractivity (Wildman–Crippen MR) is 65.4 cm³/mol. The van der Waals surface area contributed by atoms with Crippen LogP contribution in [0.2, 0.25) is 0 Å². The Labute approximate surface area is 98.8 Å². The maximum Gasteiger partial charge on any atom is 0.323 e. The van der Waals surface area contributed by atoms with Crippen molar-refractivity contribution in [2.45, 2.75) is 59.0 Å². The third-order valence-corrected chi connectivity index (χ3v) is 4.12. The second kappa shape index (κ2) is 4.74. The molecule has 0 aromatic rings. The van der Waals surface area contributed by atoms with Crippen molar-refractivity contribution in [3.63, 3.8) is 0 Å². The highest BCUT2D eigenvalue weighted by molar-refractivity contribution is 5.77. The third-order valence-electron chi connectivity index (χ3n) is 4.12. The molecule has 0 aromatic carbocycles. The molecule has 0 radical (unpaired) electrons. The summed E-state index contributed by atoms with van der Waals surface area (Å²) in [6, 6.07) is 0.462. The molecule has 0 amide bonds. The molecule has 0 unspecified atom stereocenters. The number of carbonyl (C=O) groups is 1. The zero-order valence-corrected chi connectivity index (χ0v) is 11.2. The van der Waals surface area contributed by atoms with Gasteiger partial charge < -0.3 is 5.11 Å². The van der Waals surface area contributed by atoms with Crippen LogP contribution >= 0.6 is 0 Å². The number of carboxylic acids is 1. The summed E-state index contributed by atoms with van der Waals surface area (Å²) in [6.07, 6.45) is 2.31. The van der Waals surface area contributed by atoms with Gasteiger partial charge in [0.2, 0.25) is 0 Å². The van der Waals surface area contributed by atoms with Crippen LogP contribution in [0.1, 0.15) is 47.5 Å². The van der Waals surface area contributed by atoms with E-state index in [9.17, 15) is 9.90 Å². The van der Waals surface area contributed by atoms with Crippen LogP contribution in [0.25, 0.3) is 0 Å². The minimum absolute atomic E-state index is 0.462. The minimum atomic E-state index is -0.735. The number of carboxylic acid groups (broad SMARTS) is 1. The van der Waals surface area contributed by atoms with Crippen molar-refractivity contribution in [3.8, 4) is 0 Å². The minimum Gasteiger partial charge on any atom is -0.480 e. The molecule has 3 nitrogen and oxygen atoms in total. The fraction of sp³-hybridized carbons (Fsp3) is 0.923. The average molecular weight is 227 g/mol. The molecule has 3 heteroatoms. The standard InChI is InChI=1S/C13H25NO2/c1-6-14(13(4,5)12(15)16)11-7-10(8-11)9(2)3/h9-11H,6-8H2,1-5H3,(H,15,16). The van der Waals surface area contributed by atoms with Crippen molar-refractivity contribution in [2.75, 3.05) is 6.54 Å². The van der Waals surface area contributed by atoms with Gasteiger partial charge in [-0.2, -0.15) is 0 Å². The molecule has 1 saturated carbocycles. The number of likely N-dealkylation sites (N-methyl/N-ethyl adjacent to an activating group) is 1. The smallest absolute Gasteiger partial charge is 0.323 e. The fourth-order valence-electron chi connectivity index (χ4n) is 2.66. The van der Waals surface area contributed by atoms with Crippen LogP contribution in [0.4, 0.5) is 0 Å². The van der Waals surface area contributed by atoms with Gasteiger partial charge in [0, 0.05) is 6.04 Å². The Bertz CT molecular complexity index is 255. The summed E-state index contributed by atoms with van der Waals surface area (Å²) in [6.45, 7) is 11.0. The van der Waals surface area contributed by atoms with E-state index < -0.39 is 11.5 Å². The Morgan fingerprint density at radius 1 is 1.44 bits per heavy atom. The molecule has 1 aliphatic carbocycles. The van der Waals surface area contributed by atoms with E-state index in [2.05, 4.69) is 18.7 Å². The number of nitrogens with zero attached hydrogens (tertiary/aromatic N) is 1. The van der Waals surface area contributed by atoms with Gasteiger partial charge in [0.1, 0.15) is 5.54 Å². The lowest BCUT2D eigenvalue weighted by atomic mass is 9.72. The molecule has 0 aromatic heterocycles. The molecule has 1 fully saturated rings. The lowest BCUT2D eigenvalue weighted by Crippen LogP contribution is -2.58. The predicted octanol–water partition coefficient (Wildman–Crippen LogP) is 2.61. The van der Waals surface area contributed by atoms with Crippen molar-refractivity contribution < 1.29 is 9.90 Å². The van der Waals surface area contributed by atoms with E-state index in [1.54, 1.807) is 0 Å². The van der Waals surface area contributed by atoms with Gasteiger partial charge in [-0.15, -0.1) is 0 Å². The van der Waals surface area contributed by atoms with Gasteiger partial charge in [-0.25, -0.2) is 0 Å². The molecule has 1 N–H and O–H groups in total. The van der Waals surface area contributed by atoms with Gasteiger partial charge in [0.15, 0.2) is 0 Å². The van der Waals surface area contributed by atoms with Crippen LogP contribution in [-0.2, 0) is 4.79 Å². The molecule has 0 spiro atoms. The number of hydrogen-bond acceptors (Lipinski definition) is 2. The van der Waals surface area contributed by atoms with Crippen LogP contribution in [0.15, 0.2) is 0 Å². The Morgan fingerprint density at radius 2 is 1.94 bits per heavy atom. The topological polar surface area (TPSA) is 40.5 Å². The van der Waals surface area contributed by atoms with E-state index in [0.29, 0.717) is 6.04 Å². The van der Waals surface area contributed by atoms with E-state index in [1.165, 1.54) is 0 Å². The maximum absolute atomic E-state index is 11.2. The molecule has 16 heavy (non-hydrogen) atoms. The van der Waals surface area contributed by atoms with Crippen LogP contribution < -0.4 is 0 Å². The fourth-order valence-corrected chi connectivity index (χ4v) is 2.66. The summed E-state index contributed by atoms with van der Waals surface area (Å²) in [4.78, 5) is 13.4. The van der Waals surface area contributed by atoms with Crippen LogP contribution in [0.3, 0.4) is 0 Å². The molecule has 0 aliphatic heterocycles. The average Bonchev–Trinajstić information content (AvgIpc) is 2.08. The largest absolute Gasteiger partial charge is 0.480 e. The summed E-state index contributed by atoms with van der Waals surface area (Å²) in [5.74, 6) is 0.786. The van der Waals surface area contributed by atoms with E-state index in [4.69, 9.17) is 0 Å².